The number of likely N-dealkylation sites (N-methyl/N-ethyl adjacent to an activating group) is 1. The van der Waals surface area contributed by atoms with Crippen molar-refractivity contribution in [1.29, 1.82) is 0 Å². The number of nitrogens with zero attached hydrogens (tertiary/aromatic N) is 3. The highest BCUT2D eigenvalue weighted by Crippen LogP contribution is 2.18. The number of hydrogen-bond acceptors (Lipinski definition) is 4. The van der Waals surface area contributed by atoms with Gasteiger partial charge in [0.05, 0.1) is 5.52 Å². The Labute approximate surface area is 122 Å². The largest absolute Gasteiger partial charge is 0.420 e. The van der Waals surface area contributed by atoms with Crippen LogP contribution in [0.3, 0.4) is 0 Å². The molecule has 0 spiro atoms. The maximum atomic E-state index is 12.6. The second-order valence-electron chi connectivity index (χ2n) is 5.51. The van der Waals surface area contributed by atoms with Crippen LogP contribution in [0.15, 0.2) is 33.5 Å². The molecule has 0 bridgehead atoms. The third-order valence-electron chi connectivity index (χ3n) is 4.08. The maximum absolute atomic E-state index is 12.6. The molecule has 1 aliphatic heterocycles. The van der Waals surface area contributed by atoms with Crippen molar-refractivity contribution in [1.82, 2.24) is 14.4 Å². The van der Waals surface area contributed by atoms with Crippen LogP contribution in [0.5, 0.6) is 0 Å². The molecule has 1 aromatic carbocycles. The molecule has 6 nitrogen and oxygen atoms in total. The average molecular weight is 289 g/mol. The monoisotopic (exact) mass is 289 g/mol. The first-order chi connectivity index (χ1) is 10.1. The molecule has 1 atom stereocenters. The minimum atomic E-state index is -0.551. The van der Waals surface area contributed by atoms with Crippen LogP contribution < -0.4 is 5.76 Å². The Morgan fingerprint density at radius 2 is 1.86 bits per heavy atom. The third-order valence-corrected chi connectivity index (χ3v) is 4.08. The van der Waals surface area contributed by atoms with Gasteiger partial charge >= 0.3 is 5.76 Å². The van der Waals surface area contributed by atoms with Crippen molar-refractivity contribution in [2.45, 2.75) is 13.0 Å². The van der Waals surface area contributed by atoms with Crippen molar-refractivity contribution in [2.24, 2.45) is 0 Å². The lowest BCUT2D eigenvalue weighted by molar-refractivity contribution is -0.135. The van der Waals surface area contributed by atoms with Gasteiger partial charge in [0, 0.05) is 26.2 Å². The van der Waals surface area contributed by atoms with Crippen LogP contribution in [0.4, 0.5) is 0 Å². The van der Waals surface area contributed by atoms with Crippen LogP contribution in [0.1, 0.15) is 13.0 Å². The zero-order valence-corrected chi connectivity index (χ0v) is 12.3. The van der Waals surface area contributed by atoms with Crippen molar-refractivity contribution in [2.75, 3.05) is 33.2 Å². The number of aromatic nitrogens is 1. The Morgan fingerprint density at radius 3 is 2.57 bits per heavy atom. The van der Waals surface area contributed by atoms with Crippen LogP contribution in [-0.4, -0.2) is 53.5 Å². The number of carbonyl (C=O) groups is 1. The highest BCUT2D eigenvalue weighted by atomic mass is 16.4. The van der Waals surface area contributed by atoms with E-state index in [0.29, 0.717) is 24.2 Å². The average Bonchev–Trinajstić information content (AvgIpc) is 2.82. The van der Waals surface area contributed by atoms with Gasteiger partial charge in [-0.1, -0.05) is 12.1 Å². The van der Waals surface area contributed by atoms with Crippen molar-refractivity contribution < 1.29 is 9.21 Å². The number of rotatable bonds is 2. The first-order valence-corrected chi connectivity index (χ1v) is 7.15. The van der Waals surface area contributed by atoms with Gasteiger partial charge in [-0.2, -0.15) is 0 Å². The van der Waals surface area contributed by atoms with Crippen LogP contribution in [0, 0.1) is 0 Å². The van der Waals surface area contributed by atoms with Crippen molar-refractivity contribution >= 4 is 17.0 Å². The number of fused-ring (bicyclic) bond motifs is 1. The smallest absolute Gasteiger partial charge is 0.408 e. The van der Waals surface area contributed by atoms with E-state index >= 15 is 0 Å². The molecule has 0 N–H and O–H groups in total. The van der Waals surface area contributed by atoms with Gasteiger partial charge < -0.3 is 14.2 Å². The quantitative estimate of drug-likeness (QED) is 0.825. The Kier molecular flexibility index (Phi) is 3.55. The van der Waals surface area contributed by atoms with Crippen LogP contribution in [-0.2, 0) is 4.79 Å². The minimum Gasteiger partial charge on any atom is -0.408 e. The van der Waals surface area contributed by atoms with Crippen LogP contribution >= 0.6 is 0 Å². The predicted octanol–water partition coefficient (Wildman–Crippen LogP) is 0.929. The number of amides is 1. The topological polar surface area (TPSA) is 58.7 Å². The second kappa shape index (κ2) is 5.37. The number of carbonyl (C=O) groups excluding carboxylic acids is 1. The fraction of sp³-hybridized carbons (Fsp3) is 0.467. The molecule has 3 rings (SSSR count). The van der Waals surface area contributed by atoms with Crippen molar-refractivity contribution in [3.05, 3.63) is 34.8 Å². The Morgan fingerprint density at radius 1 is 1.19 bits per heavy atom. The molecule has 1 aliphatic rings. The molecule has 1 aromatic heterocycles. The zero-order valence-electron chi connectivity index (χ0n) is 12.3. The van der Waals surface area contributed by atoms with Gasteiger partial charge in [0.25, 0.3) is 0 Å². The first kappa shape index (κ1) is 13.9. The molecule has 1 saturated heterocycles. The van der Waals surface area contributed by atoms with E-state index < -0.39 is 11.8 Å². The summed E-state index contributed by atoms with van der Waals surface area (Å²) in [6, 6.07) is 6.63. The maximum Gasteiger partial charge on any atom is 0.420 e. The normalized spacial score (nSPS) is 18.1. The lowest BCUT2D eigenvalue weighted by Crippen LogP contribution is -2.49. The van der Waals surface area contributed by atoms with E-state index in [0.717, 1.165) is 13.1 Å². The molecule has 0 saturated carbocycles. The highest BCUT2D eigenvalue weighted by Gasteiger charge is 2.27. The van der Waals surface area contributed by atoms with Gasteiger partial charge in [-0.25, -0.2) is 4.79 Å². The SMILES string of the molecule is CC(C(=O)N1CCN(C)CC1)n1c(=O)oc2ccccc21. The lowest BCUT2D eigenvalue weighted by atomic mass is 10.2. The fourth-order valence-electron chi connectivity index (χ4n) is 2.75. The molecule has 1 amide bonds. The Bertz CT molecular complexity index is 710. The summed E-state index contributed by atoms with van der Waals surface area (Å²) >= 11 is 0. The summed E-state index contributed by atoms with van der Waals surface area (Å²) in [5.74, 6) is -0.511. The Balaban J connectivity index is 1.90. The summed E-state index contributed by atoms with van der Waals surface area (Å²) in [5.41, 5.74) is 1.18. The molecule has 6 heteroatoms. The first-order valence-electron chi connectivity index (χ1n) is 7.15. The second-order valence-corrected chi connectivity index (χ2v) is 5.51. The molecule has 1 fully saturated rings. The van der Waals surface area contributed by atoms with Crippen LogP contribution in [0.2, 0.25) is 0 Å². The highest BCUT2D eigenvalue weighted by molar-refractivity contribution is 5.83. The summed E-state index contributed by atoms with van der Waals surface area (Å²) in [4.78, 5) is 28.6. The number of oxazole rings is 1. The Hall–Kier alpha value is -2.08. The molecular formula is C15H19N3O3. The minimum absolute atomic E-state index is 0.0308. The van der Waals surface area contributed by atoms with Crippen molar-refractivity contribution in [3.8, 4) is 0 Å². The van der Waals surface area contributed by atoms with Gasteiger partial charge in [0.1, 0.15) is 6.04 Å². The predicted molar refractivity (Wildman–Crippen MR) is 79.3 cm³/mol. The van der Waals surface area contributed by atoms with Crippen LogP contribution in [0.25, 0.3) is 11.1 Å². The summed E-state index contributed by atoms with van der Waals surface area (Å²) in [6.45, 7) is 4.87. The number of piperazine rings is 1. The molecule has 112 valence electrons. The molecular weight excluding hydrogens is 270 g/mol. The van der Waals surface area contributed by atoms with E-state index in [4.69, 9.17) is 4.42 Å². The van der Waals surface area contributed by atoms with E-state index in [-0.39, 0.29) is 5.91 Å². The summed E-state index contributed by atoms with van der Waals surface area (Å²) in [5, 5.41) is 0. The van der Waals surface area contributed by atoms with Gasteiger partial charge in [0.2, 0.25) is 5.91 Å². The standard InChI is InChI=1S/C15H19N3O3/c1-11(14(19)17-9-7-16(2)8-10-17)18-12-5-3-4-6-13(12)21-15(18)20/h3-6,11H,7-10H2,1-2H3. The van der Waals surface area contributed by atoms with Gasteiger partial charge in [-0.3, -0.25) is 9.36 Å². The van der Waals surface area contributed by atoms with E-state index in [9.17, 15) is 9.59 Å². The summed E-state index contributed by atoms with van der Waals surface area (Å²) in [6.07, 6.45) is 0. The molecule has 2 aromatic rings. The molecule has 0 radical (unpaired) electrons. The summed E-state index contributed by atoms with van der Waals surface area (Å²) in [7, 11) is 2.04. The molecule has 21 heavy (non-hydrogen) atoms. The molecule has 1 unspecified atom stereocenters. The summed E-state index contributed by atoms with van der Waals surface area (Å²) < 4.78 is 6.64. The lowest BCUT2D eigenvalue weighted by Gasteiger charge is -2.34. The molecule has 2 heterocycles. The third kappa shape index (κ3) is 2.47. The zero-order chi connectivity index (χ0) is 15.0. The van der Waals surface area contributed by atoms with Gasteiger partial charge in [0.15, 0.2) is 5.58 Å². The number of para-hydroxylation sites is 2. The van der Waals surface area contributed by atoms with Gasteiger partial charge in [-0.15, -0.1) is 0 Å². The van der Waals surface area contributed by atoms with Gasteiger partial charge in [-0.05, 0) is 26.1 Å². The molecule has 0 aliphatic carbocycles. The van der Waals surface area contributed by atoms with E-state index in [1.54, 1.807) is 19.1 Å². The number of benzene rings is 1. The fourth-order valence-corrected chi connectivity index (χ4v) is 2.75. The van der Waals surface area contributed by atoms with E-state index in [1.807, 2.05) is 24.1 Å². The van der Waals surface area contributed by atoms with E-state index in [1.165, 1.54) is 4.57 Å². The van der Waals surface area contributed by atoms with E-state index in [2.05, 4.69) is 4.90 Å². The number of hydrogen-bond donors (Lipinski definition) is 0. The van der Waals surface area contributed by atoms with Crippen molar-refractivity contribution in [3.63, 3.8) is 0 Å².